The van der Waals surface area contributed by atoms with Gasteiger partial charge in [0.1, 0.15) is 17.3 Å². The van der Waals surface area contributed by atoms with E-state index in [2.05, 4.69) is 4.74 Å². The van der Waals surface area contributed by atoms with Gasteiger partial charge in [-0.05, 0) is 36.4 Å². The molecule has 12 heteroatoms. The van der Waals surface area contributed by atoms with Crippen LogP contribution in [0, 0.1) is 0 Å². The van der Waals surface area contributed by atoms with Crippen LogP contribution < -0.4 is 4.74 Å². The van der Waals surface area contributed by atoms with Crippen LogP contribution in [0.3, 0.4) is 0 Å². The van der Waals surface area contributed by atoms with Crippen LogP contribution in [0.5, 0.6) is 5.75 Å². The van der Waals surface area contributed by atoms with Crippen molar-refractivity contribution in [2.45, 2.75) is 22.3 Å². The lowest BCUT2D eigenvalue weighted by atomic mass is 10.3. The molecule has 0 N–H and O–H groups in total. The molecular formula is C15H14F3NO6S2. The number of furan rings is 1. The van der Waals surface area contributed by atoms with Crippen molar-refractivity contribution in [1.82, 2.24) is 4.31 Å². The molecule has 1 aliphatic rings. The van der Waals surface area contributed by atoms with Gasteiger partial charge in [-0.25, -0.2) is 16.8 Å². The van der Waals surface area contributed by atoms with E-state index in [4.69, 9.17) is 4.42 Å². The van der Waals surface area contributed by atoms with Gasteiger partial charge < -0.3 is 9.15 Å². The Morgan fingerprint density at radius 2 is 1.70 bits per heavy atom. The Labute approximate surface area is 153 Å². The number of hydrogen-bond acceptors (Lipinski definition) is 6. The van der Waals surface area contributed by atoms with Gasteiger partial charge in [0.15, 0.2) is 9.84 Å². The van der Waals surface area contributed by atoms with Gasteiger partial charge in [-0.1, -0.05) is 0 Å². The molecule has 0 radical (unpaired) electrons. The zero-order valence-corrected chi connectivity index (χ0v) is 15.2. The van der Waals surface area contributed by atoms with Gasteiger partial charge in [-0.15, -0.1) is 13.2 Å². The van der Waals surface area contributed by atoms with E-state index in [9.17, 15) is 30.0 Å². The van der Waals surface area contributed by atoms with E-state index >= 15 is 0 Å². The maximum atomic E-state index is 12.5. The molecule has 2 heterocycles. The summed E-state index contributed by atoms with van der Waals surface area (Å²) in [6.07, 6.45) is -3.54. The molecule has 0 saturated carbocycles. The summed E-state index contributed by atoms with van der Waals surface area (Å²) in [5.74, 6) is -0.623. The minimum Gasteiger partial charge on any atom is -0.468 e. The minimum atomic E-state index is -4.88. The van der Waals surface area contributed by atoms with E-state index in [0.717, 1.165) is 28.6 Å². The van der Waals surface area contributed by atoms with E-state index in [1.807, 2.05) is 0 Å². The molecule has 1 aromatic heterocycles. The summed E-state index contributed by atoms with van der Waals surface area (Å²) in [7, 11) is -7.60. The molecule has 1 saturated heterocycles. The Balaban J connectivity index is 1.65. The summed E-state index contributed by atoms with van der Waals surface area (Å²) in [6, 6.07) is 6.77. The molecule has 0 atom stereocenters. The first-order valence-electron chi connectivity index (χ1n) is 7.57. The predicted molar refractivity (Wildman–Crippen MR) is 87.0 cm³/mol. The molecular weight excluding hydrogens is 411 g/mol. The highest BCUT2D eigenvalue weighted by molar-refractivity contribution is 7.92. The smallest absolute Gasteiger partial charge is 0.468 e. The second-order valence-electron chi connectivity index (χ2n) is 5.85. The Morgan fingerprint density at radius 3 is 2.22 bits per heavy atom. The van der Waals surface area contributed by atoms with Crippen LogP contribution in [0.25, 0.3) is 0 Å². The highest BCUT2D eigenvalue weighted by Crippen LogP contribution is 2.29. The van der Waals surface area contributed by atoms with Gasteiger partial charge >= 0.3 is 6.36 Å². The maximum Gasteiger partial charge on any atom is 0.573 e. The van der Waals surface area contributed by atoms with Crippen molar-refractivity contribution in [3.05, 3.63) is 48.4 Å². The lowest BCUT2D eigenvalue weighted by Gasteiger charge is -2.37. The number of benzene rings is 1. The van der Waals surface area contributed by atoms with E-state index in [1.54, 1.807) is 6.07 Å². The van der Waals surface area contributed by atoms with E-state index in [1.165, 1.54) is 12.3 Å². The van der Waals surface area contributed by atoms with Crippen LogP contribution in [0.4, 0.5) is 13.2 Å². The highest BCUT2D eigenvalue weighted by Gasteiger charge is 2.43. The van der Waals surface area contributed by atoms with Crippen LogP contribution in [0.1, 0.15) is 5.76 Å². The van der Waals surface area contributed by atoms with Gasteiger partial charge in [0.25, 0.3) is 0 Å². The van der Waals surface area contributed by atoms with Gasteiger partial charge in [-0.2, -0.15) is 4.31 Å². The normalized spacial score (nSPS) is 16.9. The van der Waals surface area contributed by atoms with Gasteiger partial charge in [-0.3, -0.25) is 0 Å². The van der Waals surface area contributed by atoms with Crippen LogP contribution >= 0.6 is 0 Å². The summed E-state index contributed by atoms with van der Waals surface area (Å²) in [5, 5.41) is -0.870. The first-order chi connectivity index (χ1) is 12.5. The van der Waals surface area contributed by atoms with Crippen molar-refractivity contribution >= 4 is 19.9 Å². The topological polar surface area (TPSA) is 93.9 Å². The molecule has 0 spiro atoms. The van der Waals surface area contributed by atoms with Crippen LogP contribution in [-0.2, 0) is 25.6 Å². The second-order valence-corrected chi connectivity index (χ2v) is 10.1. The largest absolute Gasteiger partial charge is 0.573 e. The molecule has 0 unspecified atom stereocenters. The van der Waals surface area contributed by atoms with Crippen LogP contribution in [-0.4, -0.2) is 45.8 Å². The molecule has 3 rings (SSSR count). The molecule has 7 nitrogen and oxygen atoms in total. The van der Waals surface area contributed by atoms with Gasteiger partial charge in [0.2, 0.25) is 10.0 Å². The lowest BCUT2D eigenvalue weighted by Crippen LogP contribution is -2.56. The van der Waals surface area contributed by atoms with Crippen molar-refractivity contribution in [2.75, 3.05) is 13.1 Å². The Kier molecular flexibility index (Phi) is 4.99. The van der Waals surface area contributed by atoms with E-state index in [-0.39, 0.29) is 29.5 Å². The first-order valence-corrected chi connectivity index (χ1v) is 10.7. The number of nitrogens with zero attached hydrogens (tertiary/aromatic N) is 1. The lowest BCUT2D eigenvalue weighted by molar-refractivity contribution is -0.274. The number of hydrogen-bond donors (Lipinski definition) is 0. The standard InChI is InChI=1S/C15H14F3NO6S2/c16-15(17,18)25-11-3-5-13(6-4-11)27(22,23)19-8-14(9-19)26(20,21)10-12-2-1-7-24-12/h1-7,14H,8-10H2. The number of halogens is 3. The fourth-order valence-corrected chi connectivity index (χ4v) is 5.83. The van der Waals surface area contributed by atoms with Crippen molar-refractivity contribution in [3.8, 4) is 5.75 Å². The molecule has 0 bridgehead atoms. The quantitative estimate of drug-likeness (QED) is 0.704. The Hall–Kier alpha value is -2.05. The summed E-state index contributed by atoms with van der Waals surface area (Å²) in [6.45, 7) is -0.460. The average Bonchev–Trinajstić information content (AvgIpc) is 2.95. The molecule has 148 valence electrons. The summed E-state index contributed by atoms with van der Waals surface area (Å²) < 4.78 is 95.5. The summed E-state index contributed by atoms with van der Waals surface area (Å²) >= 11 is 0. The van der Waals surface area contributed by atoms with Crippen molar-refractivity contribution in [2.24, 2.45) is 0 Å². The fourth-order valence-electron chi connectivity index (χ4n) is 2.50. The molecule has 1 aromatic carbocycles. The fraction of sp³-hybridized carbons (Fsp3) is 0.333. The Bertz CT molecular complexity index is 993. The molecule has 1 aliphatic heterocycles. The van der Waals surface area contributed by atoms with Crippen molar-refractivity contribution < 1.29 is 39.2 Å². The van der Waals surface area contributed by atoms with E-state index < -0.39 is 37.2 Å². The molecule has 2 aromatic rings. The van der Waals surface area contributed by atoms with Gasteiger partial charge in [0.05, 0.1) is 16.4 Å². The number of sulfonamides is 1. The monoisotopic (exact) mass is 425 g/mol. The SMILES string of the molecule is O=S(=O)(Cc1ccco1)C1CN(S(=O)(=O)c2ccc(OC(F)(F)F)cc2)C1. The molecule has 27 heavy (non-hydrogen) atoms. The van der Waals surface area contributed by atoms with Crippen molar-refractivity contribution in [3.63, 3.8) is 0 Å². The number of rotatable bonds is 6. The van der Waals surface area contributed by atoms with Crippen LogP contribution in [0.2, 0.25) is 0 Å². The van der Waals surface area contributed by atoms with E-state index in [0.29, 0.717) is 0 Å². The molecule has 0 amide bonds. The number of alkyl halides is 3. The second kappa shape index (κ2) is 6.84. The van der Waals surface area contributed by atoms with Crippen LogP contribution in [0.15, 0.2) is 52.0 Å². The minimum absolute atomic E-state index is 0.230. The first kappa shape index (κ1) is 19.7. The third-order valence-electron chi connectivity index (χ3n) is 3.94. The van der Waals surface area contributed by atoms with Crippen molar-refractivity contribution in [1.29, 1.82) is 0 Å². The average molecular weight is 425 g/mol. The van der Waals surface area contributed by atoms with Gasteiger partial charge in [0, 0.05) is 13.1 Å². The molecule has 0 aliphatic carbocycles. The predicted octanol–water partition coefficient (Wildman–Crippen LogP) is 2.17. The number of ether oxygens (including phenoxy) is 1. The third-order valence-corrected chi connectivity index (χ3v) is 7.79. The zero-order chi connectivity index (χ0) is 19.9. The Morgan fingerprint density at radius 1 is 1.07 bits per heavy atom. The summed E-state index contributed by atoms with van der Waals surface area (Å²) in [4.78, 5) is -0.251. The highest BCUT2D eigenvalue weighted by atomic mass is 32.2. The maximum absolute atomic E-state index is 12.5. The summed E-state index contributed by atoms with van der Waals surface area (Å²) in [5.41, 5.74) is 0. The molecule has 1 fully saturated rings. The number of sulfone groups is 1. The zero-order valence-electron chi connectivity index (χ0n) is 13.6. The third kappa shape index (κ3) is 4.45.